The maximum Gasteiger partial charge on any atom is 0.261 e. The maximum absolute atomic E-state index is 12.3. The molecule has 2 aromatic rings. The maximum atomic E-state index is 12.3. The van der Waals surface area contributed by atoms with Crippen LogP contribution in [0.25, 0.3) is 0 Å². The summed E-state index contributed by atoms with van der Waals surface area (Å²) >= 11 is 0. The van der Waals surface area contributed by atoms with Gasteiger partial charge in [0.1, 0.15) is 23.9 Å². The minimum Gasteiger partial charge on any atom is -0.497 e. The largest absolute Gasteiger partial charge is 0.497 e. The smallest absolute Gasteiger partial charge is 0.261 e. The zero-order valence-electron chi connectivity index (χ0n) is 15.0. The van der Waals surface area contributed by atoms with Gasteiger partial charge in [-0.05, 0) is 55.3 Å². The van der Waals surface area contributed by atoms with E-state index in [0.29, 0.717) is 25.3 Å². The van der Waals surface area contributed by atoms with E-state index in [-0.39, 0.29) is 5.91 Å². The zero-order valence-corrected chi connectivity index (χ0v) is 15.0. The topological polar surface area (TPSA) is 56.8 Å². The van der Waals surface area contributed by atoms with Crippen LogP contribution < -0.4 is 19.5 Å². The number of benzene rings is 2. The van der Waals surface area contributed by atoms with Crippen LogP contribution in [0, 0.1) is 6.92 Å². The molecule has 1 N–H and O–H groups in total. The Kier molecular flexibility index (Phi) is 7.14. The summed E-state index contributed by atoms with van der Waals surface area (Å²) in [6.07, 6.45) is 0.0451. The number of carbonyl (C=O) groups excluding carboxylic acids is 1. The Morgan fingerprint density at radius 3 is 2.44 bits per heavy atom. The van der Waals surface area contributed by atoms with Crippen molar-refractivity contribution in [2.45, 2.75) is 26.4 Å². The van der Waals surface area contributed by atoms with Crippen molar-refractivity contribution in [2.24, 2.45) is 0 Å². The summed E-state index contributed by atoms with van der Waals surface area (Å²) in [6, 6.07) is 15.0. The molecule has 0 saturated carbocycles. The fraction of sp³-hybridized carbons (Fsp3) is 0.350. The molecule has 1 atom stereocenters. The third-order valence-corrected chi connectivity index (χ3v) is 3.66. The van der Waals surface area contributed by atoms with E-state index >= 15 is 0 Å². The molecule has 134 valence electrons. The highest BCUT2D eigenvalue weighted by Crippen LogP contribution is 2.19. The van der Waals surface area contributed by atoms with Crippen LogP contribution >= 0.6 is 0 Å². The van der Waals surface area contributed by atoms with Gasteiger partial charge in [0, 0.05) is 0 Å². The van der Waals surface area contributed by atoms with Crippen molar-refractivity contribution in [1.82, 2.24) is 5.32 Å². The molecule has 0 aliphatic carbocycles. The second-order valence-electron chi connectivity index (χ2n) is 5.65. The standard InChI is InChI=1S/C20H25NO4/c1-4-19(25-17-10-8-16(23-3)9-11-17)20(22)21-12-13-24-18-7-5-6-15(2)14-18/h5-11,14,19H,4,12-13H2,1-3H3,(H,21,22). The van der Waals surface area contributed by atoms with E-state index in [9.17, 15) is 4.79 Å². The first-order valence-electron chi connectivity index (χ1n) is 8.40. The molecule has 25 heavy (non-hydrogen) atoms. The van der Waals surface area contributed by atoms with Gasteiger partial charge in [-0.3, -0.25) is 4.79 Å². The Bertz CT molecular complexity index is 670. The van der Waals surface area contributed by atoms with Gasteiger partial charge in [-0.25, -0.2) is 0 Å². The van der Waals surface area contributed by atoms with E-state index in [4.69, 9.17) is 14.2 Å². The van der Waals surface area contributed by atoms with Gasteiger partial charge >= 0.3 is 0 Å². The first-order chi connectivity index (χ1) is 12.1. The van der Waals surface area contributed by atoms with Gasteiger partial charge in [-0.2, -0.15) is 0 Å². The molecule has 2 aromatic carbocycles. The SMILES string of the molecule is CCC(Oc1ccc(OC)cc1)C(=O)NCCOc1cccc(C)c1. The van der Waals surface area contributed by atoms with Crippen molar-refractivity contribution < 1.29 is 19.0 Å². The Morgan fingerprint density at radius 1 is 1.08 bits per heavy atom. The number of ether oxygens (including phenoxy) is 3. The average Bonchev–Trinajstić information content (AvgIpc) is 2.63. The second-order valence-corrected chi connectivity index (χ2v) is 5.65. The van der Waals surface area contributed by atoms with Crippen LogP contribution in [-0.4, -0.2) is 32.3 Å². The van der Waals surface area contributed by atoms with Crippen LogP contribution in [0.2, 0.25) is 0 Å². The van der Waals surface area contributed by atoms with Crippen molar-refractivity contribution in [3.8, 4) is 17.2 Å². The summed E-state index contributed by atoms with van der Waals surface area (Å²) in [6.45, 7) is 4.76. The first kappa shape index (κ1) is 18.6. The lowest BCUT2D eigenvalue weighted by atomic mass is 10.2. The van der Waals surface area contributed by atoms with E-state index in [1.54, 1.807) is 31.4 Å². The summed E-state index contributed by atoms with van der Waals surface area (Å²) in [5, 5.41) is 2.85. The molecular weight excluding hydrogens is 318 g/mol. The average molecular weight is 343 g/mol. The number of amides is 1. The highest BCUT2D eigenvalue weighted by Gasteiger charge is 2.17. The zero-order chi connectivity index (χ0) is 18.1. The summed E-state index contributed by atoms with van der Waals surface area (Å²) in [4.78, 5) is 12.3. The van der Waals surface area contributed by atoms with E-state index in [1.807, 2.05) is 38.1 Å². The molecule has 5 nitrogen and oxygen atoms in total. The number of rotatable bonds is 9. The van der Waals surface area contributed by atoms with Gasteiger partial charge in [0.05, 0.1) is 13.7 Å². The predicted molar refractivity (Wildman–Crippen MR) is 97.4 cm³/mol. The fourth-order valence-corrected chi connectivity index (χ4v) is 2.30. The van der Waals surface area contributed by atoms with Gasteiger partial charge in [0.25, 0.3) is 5.91 Å². The molecule has 0 fully saturated rings. The van der Waals surface area contributed by atoms with E-state index < -0.39 is 6.10 Å². The van der Waals surface area contributed by atoms with Crippen molar-refractivity contribution in [3.63, 3.8) is 0 Å². The van der Waals surface area contributed by atoms with Gasteiger partial charge in [0.2, 0.25) is 0 Å². The molecule has 0 aliphatic rings. The third kappa shape index (κ3) is 6.03. The molecule has 2 rings (SSSR count). The Labute approximate surface area is 148 Å². The Hall–Kier alpha value is -2.69. The molecule has 1 unspecified atom stereocenters. The molecule has 0 saturated heterocycles. The number of hydrogen-bond donors (Lipinski definition) is 1. The van der Waals surface area contributed by atoms with Crippen LogP contribution in [0.3, 0.4) is 0 Å². The lowest BCUT2D eigenvalue weighted by Crippen LogP contribution is -2.39. The Morgan fingerprint density at radius 2 is 1.80 bits per heavy atom. The van der Waals surface area contributed by atoms with Crippen LogP contribution in [0.4, 0.5) is 0 Å². The molecule has 1 amide bonds. The number of carbonyl (C=O) groups is 1. The first-order valence-corrected chi connectivity index (χ1v) is 8.40. The van der Waals surface area contributed by atoms with Crippen LogP contribution in [0.5, 0.6) is 17.2 Å². The van der Waals surface area contributed by atoms with Crippen LogP contribution in [0.1, 0.15) is 18.9 Å². The van der Waals surface area contributed by atoms with E-state index in [0.717, 1.165) is 17.1 Å². The Balaban J connectivity index is 1.77. The predicted octanol–water partition coefficient (Wildman–Crippen LogP) is 3.36. The summed E-state index contributed by atoms with van der Waals surface area (Å²) in [7, 11) is 1.61. The van der Waals surface area contributed by atoms with Gasteiger partial charge in [-0.15, -0.1) is 0 Å². The lowest BCUT2D eigenvalue weighted by molar-refractivity contribution is -0.128. The van der Waals surface area contributed by atoms with E-state index in [2.05, 4.69) is 5.32 Å². The fourth-order valence-electron chi connectivity index (χ4n) is 2.30. The van der Waals surface area contributed by atoms with Gasteiger partial charge < -0.3 is 19.5 Å². The molecule has 0 bridgehead atoms. The second kappa shape index (κ2) is 9.57. The molecule has 0 spiro atoms. The van der Waals surface area contributed by atoms with Gasteiger partial charge in [0.15, 0.2) is 6.10 Å². The minimum atomic E-state index is -0.535. The van der Waals surface area contributed by atoms with Crippen LogP contribution in [-0.2, 0) is 4.79 Å². The quantitative estimate of drug-likeness (QED) is 0.710. The number of methoxy groups -OCH3 is 1. The molecule has 0 aromatic heterocycles. The summed E-state index contributed by atoms with van der Waals surface area (Å²) in [5.41, 5.74) is 1.14. The lowest BCUT2D eigenvalue weighted by Gasteiger charge is -2.17. The highest BCUT2D eigenvalue weighted by molar-refractivity contribution is 5.81. The molecule has 5 heteroatoms. The number of aryl methyl sites for hydroxylation is 1. The molecule has 0 aliphatic heterocycles. The van der Waals surface area contributed by atoms with E-state index in [1.165, 1.54) is 0 Å². The van der Waals surface area contributed by atoms with Crippen molar-refractivity contribution in [3.05, 3.63) is 54.1 Å². The molecule has 0 heterocycles. The van der Waals surface area contributed by atoms with Crippen molar-refractivity contribution >= 4 is 5.91 Å². The molecule has 0 radical (unpaired) electrons. The number of hydrogen-bond acceptors (Lipinski definition) is 4. The van der Waals surface area contributed by atoms with Gasteiger partial charge in [-0.1, -0.05) is 19.1 Å². The molecular formula is C20H25NO4. The summed E-state index contributed by atoms with van der Waals surface area (Å²) in [5.74, 6) is 2.04. The van der Waals surface area contributed by atoms with Crippen molar-refractivity contribution in [1.29, 1.82) is 0 Å². The highest BCUT2D eigenvalue weighted by atomic mass is 16.5. The number of nitrogens with one attached hydrogen (secondary N) is 1. The van der Waals surface area contributed by atoms with Crippen molar-refractivity contribution in [2.75, 3.05) is 20.3 Å². The summed E-state index contributed by atoms with van der Waals surface area (Å²) < 4.78 is 16.5. The minimum absolute atomic E-state index is 0.147. The third-order valence-electron chi connectivity index (χ3n) is 3.66. The normalized spacial score (nSPS) is 11.5. The van der Waals surface area contributed by atoms with Crippen LogP contribution in [0.15, 0.2) is 48.5 Å². The monoisotopic (exact) mass is 343 g/mol.